The van der Waals surface area contributed by atoms with Gasteiger partial charge in [-0.05, 0) is 36.6 Å². The number of alkyl halides is 1. The van der Waals surface area contributed by atoms with Gasteiger partial charge in [0.25, 0.3) is 0 Å². The van der Waals surface area contributed by atoms with Crippen LogP contribution in [0.1, 0.15) is 27.1 Å². The number of nitrogens with zero attached hydrogens (tertiary/aromatic N) is 1. The number of hydrogen-bond acceptors (Lipinski definition) is 2. The first-order valence-corrected chi connectivity index (χ1v) is 7.62. The van der Waals surface area contributed by atoms with E-state index in [1.165, 1.54) is 9.75 Å². The lowest BCUT2D eigenvalue weighted by atomic mass is 10.1. The molecule has 0 aliphatic rings. The molecule has 2 aromatic heterocycles. The Kier molecular flexibility index (Phi) is 4.60. The van der Waals surface area contributed by atoms with Gasteiger partial charge in [0.15, 0.2) is 0 Å². The minimum atomic E-state index is 0.327. The molecule has 0 radical (unpaired) electrons. The summed E-state index contributed by atoms with van der Waals surface area (Å²) in [5.74, 6) is 0. The van der Waals surface area contributed by atoms with Crippen molar-refractivity contribution < 1.29 is 0 Å². The third-order valence-electron chi connectivity index (χ3n) is 2.60. The summed E-state index contributed by atoms with van der Waals surface area (Å²) in [5, 5.41) is 0.740. The Morgan fingerprint density at radius 2 is 2.24 bits per heavy atom. The van der Waals surface area contributed by atoms with Gasteiger partial charge in [-0.2, -0.15) is 0 Å². The normalized spacial score (nSPS) is 12.6. The first-order valence-electron chi connectivity index (χ1n) is 5.51. The van der Waals surface area contributed by atoms with Gasteiger partial charge in [-0.1, -0.05) is 34.5 Å². The van der Waals surface area contributed by atoms with Crippen LogP contribution in [0.3, 0.4) is 0 Å². The molecule has 2 rings (SSSR count). The summed E-state index contributed by atoms with van der Waals surface area (Å²) in [6.45, 7) is 2.18. The van der Waals surface area contributed by atoms with Crippen molar-refractivity contribution in [2.45, 2.75) is 24.6 Å². The first kappa shape index (κ1) is 13.1. The summed E-state index contributed by atoms with van der Waals surface area (Å²) in [5.41, 5.74) is 1.13. The molecule has 0 saturated heterocycles. The smallest absolute Gasteiger partial charge is 0.0621 e. The molecule has 0 bridgehead atoms. The summed E-state index contributed by atoms with van der Waals surface area (Å²) in [4.78, 5) is 7.10. The van der Waals surface area contributed by atoms with Gasteiger partial charge in [-0.25, -0.2) is 0 Å². The molecule has 17 heavy (non-hydrogen) atoms. The van der Waals surface area contributed by atoms with Crippen LogP contribution < -0.4 is 0 Å². The second kappa shape index (κ2) is 5.98. The monoisotopic (exact) mass is 329 g/mol. The fourth-order valence-electron chi connectivity index (χ4n) is 1.62. The van der Waals surface area contributed by atoms with Crippen LogP contribution in [0, 0.1) is 0 Å². The van der Waals surface area contributed by atoms with Crippen molar-refractivity contribution in [3.8, 4) is 0 Å². The predicted octanol–water partition coefficient (Wildman–Crippen LogP) is 5.04. The van der Waals surface area contributed by atoms with Gasteiger partial charge in [0.2, 0.25) is 0 Å². The van der Waals surface area contributed by atoms with E-state index in [1.54, 1.807) is 12.4 Å². The standard InChI is InChI=1S/C13H13BrClNS/c1-2-10-3-4-13(17-10)11(14)7-9-5-6-16-8-12(9)15/h3-6,8,11H,2,7H2,1H3. The third kappa shape index (κ3) is 3.30. The fraction of sp³-hybridized carbons (Fsp3) is 0.308. The van der Waals surface area contributed by atoms with Crippen LogP contribution in [0.5, 0.6) is 0 Å². The van der Waals surface area contributed by atoms with E-state index in [0.29, 0.717) is 4.83 Å². The lowest BCUT2D eigenvalue weighted by molar-refractivity contribution is 0.964. The van der Waals surface area contributed by atoms with Gasteiger partial charge in [0, 0.05) is 22.1 Å². The van der Waals surface area contributed by atoms with Gasteiger partial charge in [0.05, 0.1) is 9.85 Å². The SMILES string of the molecule is CCc1ccc(C(Br)Cc2ccncc2Cl)s1. The molecule has 1 nitrogen and oxygen atoms in total. The van der Waals surface area contributed by atoms with Gasteiger partial charge >= 0.3 is 0 Å². The van der Waals surface area contributed by atoms with E-state index in [1.807, 2.05) is 17.4 Å². The van der Waals surface area contributed by atoms with Crippen LogP contribution in [0.15, 0.2) is 30.6 Å². The predicted molar refractivity (Wildman–Crippen MR) is 78.3 cm³/mol. The molecule has 90 valence electrons. The maximum absolute atomic E-state index is 6.11. The summed E-state index contributed by atoms with van der Waals surface area (Å²) in [6.07, 6.45) is 5.47. The maximum Gasteiger partial charge on any atom is 0.0621 e. The van der Waals surface area contributed by atoms with Crippen LogP contribution >= 0.6 is 38.9 Å². The second-order valence-corrected chi connectivity index (χ2v) is 6.51. The molecule has 0 aromatic carbocycles. The molecule has 0 N–H and O–H groups in total. The quantitative estimate of drug-likeness (QED) is 0.716. The van der Waals surface area contributed by atoms with Crippen molar-refractivity contribution in [3.63, 3.8) is 0 Å². The van der Waals surface area contributed by atoms with E-state index in [4.69, 9.17) is 11.6 Å². The van der Waals surface area contributed by atoms with E-state index in [2.05, 4.69) is 40.0 Å². The Bertz CT molecular complexity index is 498. The van der Waals surface area contributed by atoms with Crippen molar-refractivity contribution in [2.75, 3.05) is 0 Å². The molecule has 0 aliphatic carbocycles. The lowest BCUT2D eigenvalue weighted by Crippen LogP contribution is -1.94. The topological polar surface area (TPSA) is 12.9 Å². The summed E-state index contributed by atoms with van der Waals surface area (Å²) >= 11 is 11.7. The van der Waals surface area contributed by atoms with E-state index in [0.717, 1.165) is 23.4 Å². The maximum atomic E-state index is 6.11. The minimum Gasteiger partial charge on any atom is -0.263 e. The van der Waals surface area contributed by atoms with E-state index in [-0.39, 0.29) is 0 Å². The number of aryl methyl sites for hydroxylation is 1. The molecule has 2 heterocycles. The molecular formula is C13H13BrClNS. The fourth-order valence-corrected chi connectivity index (χ4v) is 3.52. The van der Waals surface area contributed by atoms with E-state index >= 15 is 0 Å². The number of rotatable bonds is 4. The van der Waals surface area contributed by atoms with Gasteiger partial charge in [-0.3, -0.25) is 4.98 Å². The third-order valence-corrected chi connectivity index (χ3v) is 5.40. The van der Waals surface area contributed by atoms with Crippen LogP contribution in [0.4, 0.5) is 0 Å². The number of halogens is 2. The largest absolute Gasteiger partial charge is 0.263 e. The van der Waals surface area contributed by atoms with E-state index in [9.17, 15) is 0 Å². The Morgan fingerprint density at radius 1 is 1.41 bits per heavy atom. The van der Waals surface area contributed by atoms with Crippen LogP contribution in [0.25, 0.3) is 0 Å². The highest BCUT2D eigenvalue weighted by molar-refractivity contribution is 9.09. The molecular weight excluding hydrogens is 318 g/mol. The first-order chi connectivity index (χ1) is 8.20. The average molecular weight is 331 g/mol. The van der Waals surface area contributed by atoms with Gasteiger partial charge < -0.3 is 0 Å². The molecule has 1 atom stereocenters. The van der Waals surface area contributed by atoms with Crippen LogP contribution in [0.2, 0.25) is 5.02 Å². The van der Waals surface area contributed by atoms with Crippen molar-refractivity contribution in [3.05, 3.63) is 50.9 Å². The van der Waals surface area contributed by atoms with E-state index < -0.39 is 0 Å². The Balaban J connectivity index is 2.11. The number of aromatic nitrogens is 1. The zero-order chi connectivity index (χ0) is 12.3. The number of pyridine rings is 1. The zero-order valence-electron chi connectivity index (χ0n) is 9.49. The zero-order valence-corrected chi connectivity index (χ0v) is 12.6. The molecule has 0 aliphatic heterocycles. The van der Waals surface area contributed by atoms with Crippen LogP contribution in [-0.2, 0) is 12.8 Å². The molecule has 0 saturated carbocycles. The summed E-state index contributed by atoms with van der Waals surface area (Å²) in [6, 6.07) is 6.37. The molecule has 0 amide bonds. The molecule has 0 spiro atoms. The molecule has 2 aromatic rings. The molecule has 0 fully saturated rings. The summed E-state index contributed by atoms with van der Waals surface area (Å²) in [7, 11) is 0. The highest BCUT2D eigenvalue weighted by Crippen LogP contribution is 2.33. The molecule has 1 unspecified atom stereocenters. The van der Waals surface area contributed by atoms with Crippen LogP contribution in [-0.4, -0.2) is 4.98 Å². The van der Waals surface area contributed by atoms with Crippen molar-refractivity contribution in [1.29, 1.82) is 0 Å². The highest BCUT2D eigenvalue weighted by Gasteiger charge is 2.12. The highest BCUT2D eigenvalue weighted by atomic mass is 79.9. The Labute approximate surface area is 119 Å². The Hall–Kier alpha value is -0.380. The average Bonchev–Trinajstić information content (AvgIpc) is 2.81. The number of thiophene rings is 1. The Morgan fingerprint density at radius 3 is 2.88 bits per heavy atom. The number of hydrogen-bond donors (Lipinski definition) is 0. The second-order valence-electron chi connectivity index (χ2n) is 3.80. The lowest BCUT2D eigenvalue weighted by Gasteiger charge is -2.08. The minimum absolute atomic E-state index is 0.327. The van der Waals surface area contributed by atoms with Crippen molar-refractivity contribution in [2.24, 2.45) is 0 Å². The van der Waals surface area contributed by atoms with Crippen molar-refractivity contribution >= 4 is 38.9 Å². The van der Waals surface area contributed by atoms with Gasteiger partial charge in [0.1, 0.15) is 0 Å². The molecule has 4 heteroatoms. The summed E-state index contributed by atoms with van der Waals surface area (Å²) < 4.78 is 0. The van der Waals surface area contributed by atoms with Gasteiger partial charge in [-0.15, -0.1) is 11.3 Å². The van der Waals surface area contributed by atoms with Crippen molar-refractivity contribution in [1.82, 2.24) is 4.98 Å².